The molecule has 0 spiro atoms. The van der Waals surface area contributed by atoms with E-state index in [2.05, 4.69) is 10.3 Å². The zero-order valence-corrected chi connectivity index (χ0v) is 17.7. The van der Waals surface area contributed by atoms with Gasteiger partial charge in [-0.05, 0) is 44.5 Å². The van der Waals surface area contributed by atoms with Crippen molar-refractivity contribution < 1.29 is 14.3 Å². The molecule has 1 aromatic heterocycles. The third-order valence-electron chi connectivity index (χ3n) is 4.12. The molecule has 1 N–H and O–H groups in total. The third-order valence-corrected chi connectivity index (χ3v) is 6.30. The van der Waals surface area contributed by atoms with Gasteiger partial charge in [0, 0.05) is 11.4 Å². The van der Waals surface area contributed by atoms with Gasteiger partial charge < -0.3 is 10.1 Å². The number of thiazole rings is 1. The number of amides is 1. The van der Waals surface area contributed by atoms with Crippen molar-refractivity contribution in [2.45, 2.75) is 37.6 Å². The molecule has 0 fully saturated rings. The highest BCUT2D eigenvalue weighted by Crippen LogP contribution is 2.29. The second-order valence-electron chi connectivity index (χ2n) is 6.49. The van der Waals surface area contributed by atoms with Gasteiger partial charge in [0.25, 0.3) is 5.91 Å². The second kappa shape index (κ2) is 9.21. The number of rotatable bonds is 7. The van der Waals surface area contributed by atoms with Crippen LogP contribution in [0.5, 0.6) is 0 Å². The Kier molecular flexibility index (Phi) is 6.70. The minimum atomic E-state index is -0.847. The molecule has 0 bridgehead atoms. The number of carbonyl (C=O) groups is 2. The summed E-state index contributed by atoms with van der Waals surface area (Å²) < 4.78 is 7.32. The zero-order chi connectivity index (χ0) is 20.1. The number of carbonyl (C=O) groups excluding carboxylic acids is 2. The summed E-state index contributed by atoms with van der Waals surface area (Å²) in [7, 11) is 0. The summed E-state index contributed by atoms with van der Waals surface area (Å²) in [5, 5.41) is 2.81. The number of aromatic nitrogens is 1. The first-order chi connectivity index (χ1) is 13.4. The van der Waals surface area contributed by atoms with Crippen LogP contribution < -0.4 is 5.32 Å². The molecule has 28 heavy (non-hydrogen) atoms. The van der Waals surface area contributed by atoms with Crippen LogP contribution in [0.25, 0.3) is 10.2 Å². The lowest BCUT2D eigenvalue weighted by Crippen LogP contribution is -2.30. The number of benzene rings is 2. The molecule has 1 atom stereocenters. The summed E-state index contributed by atoms with van der Waals surface area (Å²) in [4.78, 5) is 28.9. The Labute approximate surface area is 172 Å². The number of hydrogen-bond acceptors (Lipinski definition) is 6. The highest BCUT2D eigenvalue weighted by molar-refractivity contribution is 8.01. The summed E-state index contributed by atoms with van der Waals surface area (Å²) in [6, 6.07) is 13.7. The fourth-order valence-electron chi connectivity index (χ4n) is 2.63. The largest absolute Gasteiger partial charge is 0.453 e. The van der Waals surface area contributed by atoms with Gasteiger partial charge in [0.1, 0.15) is 0 Å². The van der Waals surface area contributed by atoms with Crippen molar-refractivity contribution in [2.75, 3.05) is 11.1 Å². The summed E-state index contributed by atoms with van der Waals surface area (Å²) >= 11 is 3.13. The van der Waals surface area contributed by atoms with E-state index in [-0.39, 0.29) is 12.3 Å². The Balaban J connectivity index is 1.45. The molecule has 1 amide bonds. The van der Waals surface area contributed by atoms with Crippen LogP contribution >= 0.6 is 23.1 Å². The molecule has 2 aromatic carbocycles. The molecule has 1 heterocycles. The van der Waals surface area contributed by atoms with Gasteiger partial charge in [0.05, 0.1) is 16.6 Å². The van der Waals surface area contributed by atoms with Crippen LogP contribution in [0.4, 0.5) is 5.69 Å². The Bertz CT molecular complexity index is 967. The quantitative estimate of drug-likeness (QED) is 0.437. The van der Waals surface area contributed by atoms with Gasteiger partial charge in [-0.2, -0.15) is 0 Å². The first-order valence-corrected chi connectivity index (χ1v) is 10.8. The number of anilines is 1. The smallest absolute Gasteiger partial charge is 0.307 e. The maximum atomic E-state index is 12.3. The van der Waals surface area contributed by atoms with Crippen molar-refractivity contribution in [1.82, 2.24) is 4.98 Å². The van der Waals surface area contributed by atoms with Crippen molar-refractivity contribution >= 4 is 50.9 Å². The zero-order valence-electron chi connectivity index (χ0n) is 16.0. The Hall–Kier alpha value is -2.38. The Morgan fingerprint density at radius 1 is 1.21 bits per heavy atom. The van der Waals surface area contributed by atoms with E-state index in [1.807, 2.05) is 56.3 Å². The van der Waals surface area contributed by atoms with Crippen molar-refractivity contribution in [3.05, 3.63) is 53.6 Å². The van der Waals surface area contributed by atoms with Crippen molar-refractivity contribution in [3.8, 4) is 0 Å². The summed E-state index contributed by atoms with van der Waals surface area (Å²) in [6.45, 7) is 5.51. The van der Waals surface area contributed by atoms with Crippen LogP contribution in [0, 0.1) is 13.8 Å². The van der Waals surface area contributed by atoms with Gasteiger partial charge in [-0.3, -0.25) is 9.59 Å². The SMILES string of the molecule is Cc1ccc(NC(=O)[C@@H](C)OC(=O)CCSc2nc3ccccc3s2)c(C)c1. The van der Waals surface area contributed by atoms with Crippen molar-refractivity contribution in [1.29, 1.82) is 0 Å². The monoisotopic (exact) mass is 414 g/mol. The van der Waals surface area contributed by atoms with Gasteiger partial charge in [0.2, 0.25) is 0 Å². The highest BCUT2D eigenvalue weighted by Gasteiger charge is 2.18. The van der Waals surface area contributed by atoms with E-state index >= 15 is 0 Å². The van der Waals surface area contributed by atoms with Gasteiger partial charge in [-0.15, -0.1) is 11.3 Å². The molecule has 3 rings (SSSR count). The Morgan fingerprint density at radius 3 is 2.75 bits per heavy atom. The van der Waals surface area contributed by atoms with Gasteiger partial charge in [-0.1, -0.05) is 41.6 Å². The Morgan fingerprint density at radius 2 is 2.00 bits per heavy atom. The molecule has 0 aliphatic heterocycles. The maximum Gasteiger partial charge on any atom is 0.307 e. The van der Waals surface area contributed by atoms with Crippen LogP contribution in [-0.2, 0) is 14.3 Å². The van der Waals surface area contributed by atoms with Gasteiger partial charge in [0.15, 0.2) is 10.4 Å². The van der Waals surface area contributed by atoms with E-state index in [0.717, 1.165) is 31.4 Å². The number of esters is 1. The van der Waals surface area contributed by atoms with Crippen molar-refractivity contribution in [2.24, 2.45) is 0 Å². The van der Waals surface area contributed by atoms with E-state index in [1.165, 1.54) is 11.8 Å². The molecule has 5 nitrogen and oxygen atoms in total. The van der Waals surface area contributed by atoms with E-state index in [4.69, 9.17) is 4.74 Å². The van der Waals surface area contributed by atoms with Crippen LogP contribution in [0.15, 0.2) is 46.8 Å². The predicted octanol–water partition coefficient (Wildman–Crippen LogP) is 4.97. The maximum absolute atomic E-state index is 12.3. The molecule has 0 radical (unpaired) electrons. The fourth-order valence-corrected chi connectivity index (χ4v) is 4.69. The lowest BCUT2D eigenvalue weighted by molar-refractivity contribution is -0.152. The number of nitrogens with one attached hydrogen (secondary N) is 1. The summed E-state index contributed by atoms with van der Waals surface area (Å²) in [6.07, 6.45) is -0.623. The normalized spacial score (nSPS) is 12.0. The molecule has 3 aromatic rings. The number of fused-ring (bicyclic) bond motifs is 1. The number of hydrogen-bond donors (Lipinski definition) is 1. The summed E-state index contributed by atoms with van der Waals surface area (Å²) in [5.74, 6) is -0.166. The molecule has 7 heteroatoms. The predicted molar refractivity (Wildman–Crippen MR) is 115 cm³/mol. The first kappa shape index (κ1) is 20.4. The fraction of sp³-hybridized carbons (Fsp3) is 0.286. The average Bonchev–Trinajstić information content (AvgIpc) is 3.06. The van der Waals surface area contributed by atoms with E-state index in [0.29, 0.717) is 5.75 Å². The number of nitrogens with zero attached hydrogens (tertiary/aromatic N) is 1. The number of ether oxygens (including phenoxy) is 1. The van der Waals surface area contributed by atoms with Crippen LogP contribution in [0.1, 0.15) is 24.5 Å². The number of aryl methyl sites for hydroxylation is 2. The van der Waals surface area contributed by atoms with Crippen molar-refractivity contribution in [3.63, 3.8) is 0 Å². The topological polar surface area (TPSA) is 68.3 Å². The minimum Gasteiger partial charge on any atom is -0.453 e. The molecular formula is C21H22N2O3S2. The molecule has 146 valence electrons. The molecule has 0 unspecified atom stereocenters. The molecular weight excluding hydrogens is 392 g/mol. The first-order valence-electron chi connectivity index (χ1n) is 8.98. The van der Waals surface area contributed by atoms with E-state index in [9.17, 15) is 9.59 Å². The molecule has 0 saturated heterocycles. The van der Waals surface area contributed by atoms with E-state index in [1.54, 1.807) is 18.3 Å². The molecule has 0 aliphatic carbocycles. The van der Waals surface area contributed by atoms with Gasteiger partial charge in [-0.25, -0.2) is 4.98 Å². The van der Waals surface area contributed by atoms with E-state index < -0.39 is 12.1 Å². The standard InChI is InChI=1S/C21H22N2O3S2/c1-13-8-9-16(14(2)12-13)22-20(25)15(3)26-19(24)10-11-27-21-23-17-6-4-5-7-18(17)28-21/h4-9,12,15H,10-11H2,1-3H3,(H,22,25)/t15-/m1/s1. The van der Waals surface area contributed by atoms with Crippen LogP contribution in [0.2, 0.25) is 0 Å². The summed E-state index contributed by atoms with van der Waals surface area (Å²) in [5.41, 5.74) is 3.79. The lowest BCUT2D eigenvalue weighted by Gasteiger charge is -2.15. The molecule has 0 saturated carbocycles. The second-order valence-corrected chi connectivity index (χ2v) is 8.86. The lowest BCUT2D eigenvalue weighted by atomic mass is 10.1. The number of para-hydroxylation sites is 1. The van der Waals surface area contributed by atoms with Crippen LogP contribution in [0.3, 0.4) is 0 Å². The highest BCUT2D eigenvalue weighted by atomic mass is 32.2. The third kappa shape index (κ3) is 5.33. The van der Waals surface area contributed by atoms with Crippen LogP contribution in [-0.4, -0.2) is 28.7 Å². The molecule has 0 aliphatic rings. The average molecular weight is 415 g/mol. The minimum absolute atomic E-state index is 0.224. The van der Waals surface area contributed by atoms with Gasteiger partial charge >= 0.3 is 5.97 Å². The number of thioether (sulfide) groups is 1.